The number of aliphatic hydroxyl groups is 1. The number of rotatable bonds is 7. The van der Waals surface area contributed by atoms with E-state index in [2.05, 4.69) is 20.3 Å². The van der Waals surface area contributed by atoms with Crippen molar-refractivity contribution < 1.29 is 14.7 Å². The Hall–Kier alpha value is -3.56. The first-order chi connectivity index (χ1) is 14.0. The number of aliphatic hydroxyl groups excluding tert-OH is 1. The van der Waals surface area contributed by atoms with E-state index in [0.717, 1.165) is 5.69 Å². The summed E-state index contributed by atoms with van der Waals surface area (Å²) in [6.07, 6.45) is 3.98. The molecular weight excluding hydrogens is 396 g/mol. The molecule has 0 aliphatic heterocycles. The van der Waals surface area contributed by atoms with Gasteiger partial charge in [0.25, 0.3) is 11.8 Å². The van der Waals surface area contributed by atoms with Gasteiger partial charge >= 0.3 is 0 Å². The van der Waals surface area contributed by atoms with Gasteiger partial charge in [-0.2, -0.15) is 0 Å². The minimum absolute atomic E-state index is 0.0103. The van der Waals surface area contributed by atoms with Crippen LogP contribution < -0.4 is 16.0 Å². The Balaban J connectivity index is 2.05. The van der Waals surface area contributed by atoms with Gasteiger partial charge in [-0.05, 0) is 36.4 Å². The third-order valence-electron chi connectivity index (χ3n) is 3.84. The lowest BCUT2D eigenvalue weighted by molar-refractivity contribution is 0.0959. The summed E-state index contributed by atoms with van der Waals surface area (Å²) < 4.78 is 0. The first-order valence-electron chi connectivity index (χ1n) is 8.53. The zero-order valence-electron chi connectivity index (χ0n) is 15.1. The molecule has 148 valence electrons. The van der Waals surface area contributed by atoms with Crippen molar-refractivity contribution in [3.8, 4) is 0 Å². The van der Waals surface area contributed by atoms with Gasteiger partial charge in [-0.3, -0.25) is 14.5 Å². The molecule has 2 aromatic heterocycles. The molecule has 0 saturated carbocycles. The van der Waals surface area contributed by atoms with E-state index >= 15 is 0 Å². The Kier molecular flexibility index (Phi) is 6.32. The zero-order chi connectivity index (χ0) is 20.8. The molecule has 0 atom stereocenters. The first-order valence-corrected chi connectivity index (χ1v) is 8.90. The van der Waals surface area contributed by atoms with Crippen molar-refractivity contribution in [2.75, 3.05) is 23.4 Å². The van der Waals surface area contributed by atoms with Crippen molar-refractivity contribution in [2.45, 2.75) is 0 Å². The van der Waals surface area contributed by atoms with Crippen LogP contribution in [0.15, 0.2) is 55.0 Å². The molecule has 0 bridgehead atoms. The van der Waals surface area contributed by atoms with Gasteiger partial charge in [-0.15, -0.1) is 0 Å². The van der Waals surface area contributed by atoms with Gasteiger partial charge in [0.05, 0.1) is 17.3 Å². The van der Waals surface area contributed by atoms with Crippen LogP contribution in [0.25, 0.3) is 0 Å². The maximum Gasteiger partial charge on any atom is 0.285 e. The lowest BCUT2D eigenvalue weighted by Gasteiger charge is -2.22. The molecular formula is C19H17ClN6O3. The van der Waals surface area contributed by atoms with Crippen LogP contribution in [0.4, 0.5) is 17.2 Å². The molecule has 0 unspecified atom stereocenters. The average Bonchev–Trinajstić information content (AvgIpc) is 2.74. The number of nitrogens with two attached hydrogens (primary N) is 1. The smallest absolute Gasteiger partial charge is 0.285 e. The highest BCUT2D eigenvalue weighted by Gasteiger charge is 2.27. The second-order valence-corrected chi connectivity index (χ2v) is 6.23. The highest BCUT2D eigenvalue weighted by Crippen LogP contribution is 2.28. The molecule has 2 amide bonds. The first kappa shape index (κ1) is 20.2. The van der Waals surface area contributed by atoms with Crippen LogP contribution in [0, 0.1) is 0 Å². The molecule has 0 aliphatic carbocycles. The molecule has 0 fully saturated rings. The van der Waals surface area contributed by atoms with E-state index in [-0.39, 0.29) is 23.8 Å². The molecule has 0 radical (unpaired) electrons. The molecule has 2 heterocycles. The number of carbonyl (C=O) groups excluding carboxylic acids is 2. The number of benzene rings is 1. The number of aromatic nitrogens is 3. The van der Waals surface area contributed by atoms with Crippen molar-refractivity contribution in [3.05, 3.63) is 71.4 Å². The minimum atomic E-state index is -0.867. The van der Waals surface area contributed by atoms with Gasteiger partial charge < -0.3 is 16.2 Å². The van der Waals surface area contributed by atoms with E-state index in [1.807, 2.05) is 0 Å². The van der Waals surface area contributed by atoms with Crippen LogP contribution in [-0.2, 0) is 0 Å². The minimum Gasteiger partial charge on any atom is -0.395 e. The molecule has 29 heavy (non-hydrogen) atoms. The highest BCUT2D eigenvalue weighted by molar-refractivity contribution is 6.30. The molecule has 3 aromatic rings. The Morgan fingerprint density at radius 3 is 2.31 bits per heavy atom. The summed E-state index contributed by atoms with van der Waals surface area (Å²) in [5.41, 5.74) is 6.14. The van der Waals surface area contributed by atoms with Gasteiger partial charge in [-0.1, -0.05) is 11.6 Å². The van der Waals surface area contributed by atoms with Crippen LogP contribution in [0.3, 0.4) is 0 Å². The van der Waals surface area contributed by atoms with E-state index in [0.29, 0.717) is 17.3 Å². The molecule has 0 aliphatic rings. The quantitative estimate of drug-likeness (QED) is 0.540. The lowest BCUT2D eigenvalue weighted by atomic mass is 10.2. The summed E-state index contributed by atoms with van der Waals surface area (Å²) in [6.45, 7) is 0.381. The van der Waals surface area contributed by atoms with Crippen molar-refractivity contribution in [2.24, 2.45) is 5.73 Å². The van der Waals surface area contributed by atoms with E-state index in [4.69, 9.17) is 22.4 Å². The predicted molar refractivity (Wildman–Crippen MR) is 108 cm³/mol. The number of nitrogens with zero attached hydrogens (tertiary/aromatic N) is 4. The maximum atomic E-state index is 13.3. The second-order valence-electron chi connectivity index (χ2n) is 5.79. The fourth-order valence-electron chi connectivity index (χ4n) is 2.56. The number of amides is 2. The van der Waals surface area contributed by atoms with Crippen molar-refractivity contribution >= 4 is 40.6 Å². The third-order valence-corrected chi connectivity index (χ3v) is 4.07. The standard InChI is InChI=1S/C19H17ClN6O3/c20-12-1-6-15(25-11-12)26(14-4-2-13(3-5-14)22-9-10-27)19(29)17-16(18(21)28)23-7-8-24-17/h1-8,11,22,27H,9-10H2,(H2,21,28). The SMILES string of the molecule is NC(=O)c1nccnc1C(=O)N(c1ccc(NCCO)cc1)c1ccc(Cl)cn1. The van der Waals surface area contributed by atoms with Gasteiger partial charge in [0.2, 0.25) is 0 Å². The molecule has 4 N–H and O–H groups in total. The Labute approximate surface area is 171 Å². The summed E-state index contributed by atoms with van der Waals surface area (Å²) in [5.74, 6) is -1.22. The Bertz CT molecular complexity index is 1010. The average molecular weight is 413 g/mol. The molecule has 0 saturated heterocycles. The van der Waals surface area contributed by atoms with E-state index < -0.39 is 11.8 Å². The van der Waals surface area contributed by atoms with E-state index in [9.17, 15) is 9.59 Å². The van der Waals surface area contributed by atoms with Crippen LogP contribution in [0.2, 0.25) is 5.02 Å². The number of halogens is 1. The van der Waals surface area contributed by atoms with E-state index in [1.54, 1.807) is 36.4 Å². The molecule has 9 nitrogen and oxygen atoms in total. The number of nitrogens with one attached hydrogen (secondary N) is 1. The van der Waals surface area contributed by atoms with Gasteiger partial charge in [0.15, 0.2) is 11.4 Å². The number of hydrogen-bond acceptors (Lipinski definition) is 7. The van der Waals surface area contributed by atoms with Crippen LogP contribution in [0.1, 0.15) is 21.0 Å². The van der Waals surface area contributed by atoms with Crippen molar-refractivity contribution in [1.29, 1.82) is 0 Å². The fraction of sp³-hybridized carbons (Fsp3) is 0.105. The molecule has 0 spiro atoms. The molecule has 3 rings (SSSR count). The normalized spacial score (nSPS) is 10.4. The Morgan fingerprint density at radius 1 is 1.03 bits per heavy atom. The van der Waals surface area contributed by atoms with Gasteiger partial charge in [0.1, 0.15) is 5.82 Å². The van der Waals surface area contributed by atoms with Crippen LogP contribution in [-0.4, -0.2) is 45.0 Å². The number of hydrogen-bond donors (Lipinski definition) is 3. The van der Waals surface area contributed by atoms with Crippen molar-refractivity contribution in [3.63, 3.8) is 0 Å². The van der Waals surface area contributed by atoms with Crippen LogP contribution in [0.5, 0.6) is 0 Å². The maximum absolute atomic E-state index is 13.3. The van der Waals surface area contributed by atoms with Gasteiger partial charge in [-0.25, -0.2) is 15.0 Å². The molecule has 1 aromatic carbocycles. The van der Waals surface area contributed by atoms with E-state index in [1.165, 1.54) is 23.5 Å². The number of primary amides is 1. The van der Waals surface area contributed by atoms with Crippen molar-refractivity contribution in [1.82, 2.24) is 15.0 Å². The summed E-state index contributed by atoms with van der Waals surface area (Å²) in [6, 6.07) is 10.0. The third kappa shape index (κ3) is 4.65. The second kappa shape index (κ2) is 9.09. The summed E-state index contributed by atoms with van der Waals surface area (Å²) >= 11 is 5.92. The molecule has 10 heteroatoms. The van der Waals surface area contributed by atoms with Crippen LogP contribution >= 0.6 is 11.6 Å². The fourth-order valence-corrected chi connectivity index (χ4v) is 2.67. The number of anilines is 3. The highest BCUT2D eigenvalue weighted by atomic mass is 35.5. The summed E-state index contributed by atoms with van der Waals surface area (Å²) in [7, 11) is 0. The number of pyridine rings is 1. The lowest BCUT2D eigenvalue weighted by Crippen LogP contribution is -2.31. The summed E-state index contributed by atoms with van der Waals surface area (Å²) in [4.78, 5) is 38.4. The predicted octanol–water partition coefficient (Wildman–Crippen LogP) is 2.01. The summed E-state index contributed by atoms with van der Waals surface area (Å²) in [5, 5.41) is 12.4. The largest absolute Gasteiger partial charge is 0.395 e. The number of carbonyl (C=O) groups is 2. The Morgan fingerprint density at radius 2 is 1.72 bits per heavy atom. The topological polar surface area (TPSA) is 134 Å². The van der Waals surface area contributed by atoms with Gasteiger partial charge in [0, 0.05) is 30.8 Å². The zero-order valence-corrected chi connectivity index (χ0v) is 15.9. The monoisotopic (exact) mass is 412 g/mol.